The molecule has 0 fully saturated rings. The fourth-order valence-corrected chi connectivity index (χ4v) is 3.15. The van der Waals surface area contributed by atoms with Crippen molar-refractivity contribution >= 4 is 55.4 Å². The van der Waals surface area contributed by atoms with Crippen molar-refractivity contribution < 1.29 is 4.74 Å². The van der Waals surface area contributed by atoms with Crippen LogP contribution >= 0.6 is 44.4 Å². The highest BCUT2D eigenvalue weighted by atomic mass is 127. The van der Waals surface area contributed by atoms with Crippen LogP contribution in [0.25, 0.3) is 11.0 Å². The van der Waals surface area contributed by atoms with Crippen molar-refractivity contribution in [2.45, 2.75) is 11.9 Å². The van der Waals surface area contributed by atoms with Gasteiger partial charge >= 0.3 is 0 Å². The smallest absolute Gasteiger partial charge is 0.189 e. The zero-order valence-electron chi connectivity index (χ0n) is 12.1. The summed E-state index contributed by atoms with van der Waals surface area (Å²) in [5.74, 6) is 1.11. The maximum Gasteiger partial charge on any atom is 0.189 e. The Balaban J connectivity index is 2.09. The average molecular weight is 426 g/mol. The molecule has 0 saturated carbocycles. The van der Waals surface area contributed by atoms with E-state index in [4.69, 9.17) is 4.74 Å². The zero-order chi connectivity index (χ0) is 14.8. The molecule has 0 aliphatic rings. The molecule has 2 aromatic rings. The van der Waals surface area contributed by atoms with E-state index >= 15 is 0 Å². The van der Waals surface area contributed by atoms with Gasteiger partial charge in [0.2, 0.25) is 0 Å². The van der Waals surface area contributed by atoms with Crippen LogP contribution in [-0.2, 0) is 11.5 Å². The standard InChI is InChI=1S/C12H19IN4OS2/c1-19-12-14-7-9-10(13)16-17(11(9)15-12)8-18-5-6-20(2,3)4/h7H,5-6,8H2,1-4H3. The Morgan fingerprint density at radius 3 is 2.80 bits per heavy atom. The number of halogens is 1. The van der Waals surface area contributed by atoms with Crippen molar-refractivity contribution in [3.8, 4) is 0 Å². The number of hydrogen-bond acceptors (Lipinski definition) is 5. The first kappa shape index (κ1) is 16.3. The molecule has 0 aliphatic carbocycles. The molecular weight excluding hydrogens is 407 g/mol. The van der Waals surface area contributed by atoms with E-state index in [-0.39, 0.29) is 0 Å². The molecule has 5 nitrogen and oxygen atoms in total. The summed E-state index contributed by atoms with van der Waals surface area (Å²) in [4.78, 5) is 8.80. The van der Waals surface area contributed by atoms with Gasteiger partial charge < -0.3 is 4.74 Å². The number of thioether (sulfide) groups is 1. The van der Waals surface area contributed by atoms with Crippen molar-refractivity contribution in [2.75, 3.05) is 37.4 Å². The molecule has 0 aliphatic heterocycles. The summed E-state index contributed by atoms with van der Waals surface area (Å²) in [6, 6.07) is 0. The van der Waals surface area contributed by atoms with Crippen molar-refractivity contribution in [3.05, 3.63) is 9.90 Å². The first-order valence-corrected chi connectivity index (χ1v) is 11.4. The molecular formula is C12H19IN4OS2. The fraction of sp³-hybridized carbons (Fsp3) is 0.583. The Kier molecular flexibility index (Phi) is 5.55. The molecule has 112 valence electrons. The number of rotatable bonds is 6. The molecule has 0 atom stereocenters. The highest BCUT2D eigenvalue weighted by Gasteiger charge is 2.12. The predicted octanol–water partition coefficient (Wildman–Crippen LogP) is 2.82. The van der Waals surface area contributed by atoms with E-state index in [0.29, 0.717) is 6.73 Å². The van der Waals surface area contributed by atoms with Crippen molar-refractivity contribution in [1.82, 2.24) is 19.7 Å². The topological polar surface area (TPSA) is 52.8 Å². The van der Waals surface area contributed by atoms with E-state index in [9.17, 15) is 0 Å². The van der Waals surface area contributed by atoms with Crippen molar-refractivity contribution in [1.29, 1.82) is 0 Å². The molecule has 0 saturated heterocycles. The quantitative estimate of drug-likeness (QED) is 0.308. The highest BCUT2D eigenvalue weighted by molar-refractivity contribution is 14.1. The van der Waals surface area contributed by atoms with Gasteiger partial charge in [-0.3, -0.25) is 0 Å². The molecule has 2 aromatic heterocycles. The zero-order valence-corrected chi connectivity index (χ0v) is 15.9. The van der Waals surface area contributed by atoms with Gasteiger partial charge in [-0.25, -0.2) is 24.7 Å². The van der Waals surface area contributed by atoms with Gasteiger partial charge in [0.05, 0.1) is 12.0 Å². The van der Waals surface area contributed by atoms with Gasteiger partial charge in [-0.2, -0.15) is 5.10 Å². The number of ether oxygens (including phenoxy) is 1. The normalized spacial score (nSPS) is 13.1. The van der Waals surface area contributed by atoms with Crippen molar-refractivity contribution in [2.24, 2.45) is 0 Å². The lowest BCUT2D eigenvalue weighted by Crippen LogP contribution is -2.11. The molecule has 0 radical (unpaired) electrons. The Labute approximate surface area is 138 Å². The first-order valence-electron chi connectivity index (χ1n) is 6.07. The van der Waals surface area contributed by atoms with E-state index in [1.165, 1.54) is 11.8 Å². The average Bonchev–Trinajstić information content (AvgIpc) is 2.70. The molecule has 8 heteroatoms. The van der Waals surface area contributed by atoms with Crippen LogP contribution in [0.15, 0.2) is 11.4 Å². The predicted molar refractivity (Wildman–Crippen MR) is 96.0 cm³/mol. The maximum absolute atomic E-state index is 5.74. The second-order valence-electron chi connectivity index (χ2n) is 5.22. The number of aromatic nitrogens is 4. The van der Waals surface area contributed by atoms with Crippen LogP contribution in [0.1, 0.15) is 0 Å². The lowest BCUT2D eigenvalue weighted by molar-refractivity contribution is 0.0833. The fourth-order valence-electron chi connectivity index (χ4n) is 1.55. The summed E-state index contributed by atoms with van der Waals surface area (Å²) in [6.45, 7) is 1.21. The Morgan fingerprint density at radius 1 is 1.40 bits per heavy atom. The summed E-state index contributed by atoms with van der Waals surface area (Å²) in [5.41, 5.74) is 0.844. The Bertz CT molecular complexity index is 597. The van der Waals surface area contributed by atoms with E-state index < -0.39 is 10.0 Å². The minimum Gasteiger partial charge on any atom is -0.358 e. The summed E-state index contributed by atoms with van der Waals surface area (Å²) in [6.07, 6.45) is 10.7. The molecule has 2 rings (SSSR count). The van der Waals surface area contributed by atoms with Crippen LogP contribution in [0.2, 0.25) is 0 Å². The van der Waals surface area contributed by atoms with Crippen LogP contribution in [0.4, 0.5) is 0 Å². The van der Waals surface area contributed by atoms with Crippen LogP contribution in [-0.4, -0.2) is 57.1 Å². The highest BCUT2D eigenvalue weighted by Crippen LogP contribution is 2.33. The lowest BCUT2D eigenvalue weighted by Gasteiger charge is -2.24. The molecule has 0 N–H and O–H groups in total. The molecule has 2 heterocycles. The minimum absolute atomic E-state index is 0.444. The second kappa shape index (κ2) is 6.80. The number of fused-ring (bicyclic) bond motifs is 1. The first-order chi connectivity index (χ1) is 9.40. The molecule has 0 spiro atoms. The lowest BCUT2D eigenvalue weighted by atomic mass is 10.4. The monoisotopic (exact) mass is 426 g/mol. The summed E-state index contributed by atoms with van der Waals surface area (Å²) < 4.78 is 8.47. The molecule has 0 amide bonds. The second-order valence-corrected chi connectivity index (χ2v) is 11.6. The molecule has 0 unspecified atom stereocenters. The summed E-state index contributed by atoms with van der Waals surface area (Å²) in [7, 11) is -0.512. The van der Waals surface area contributed by atoms with Gasteiger partial charge in [0.1, 0.15) is 10.4 Å². The van der Waals surface area contributed by atoms with E-state index in [2.05, 4.69) is 56.4 Å². The molecule has 20 heavy (non-hydrogen) atoms. The minimum atomic E-state index is -0.512. The van der Waals surface area contributed by atoms with Crippen LogP contribution in [0, 0.1) is 3.70 Å². The largest absolute Gasteiger partial charge is 0.358 e. The summed E-state index contributed by atoms with van der Waals surface area (Å²) in [5, 5.41) is 6.21. The Hall–Kier alpha value is -0.0600. The number of nitrogens with zero attached hydrogens (tertiary/aromatic N) is 4. The van der Waals surface area contributed by atoms with Gasteiger partial charge in [-0.05, 0) is 47.6 Å². The van der Waals surface area contributed by atoms with E-state index in [1.807, 2.05) is 17.1 Å². The van der Waals surface area contributed by atoms with Crippen LogP contribution in [0.5, 0.6) is 0 Å². The van der Waals surface area contributed by atoms with Crippen molar-refractivity contribution in [3.63, 3.8) is 0 Å². The van der Waals surface area contributed by atoms with Gasteiger partial charge in [0, 0.05) is 11.9 Å². The third-order valence-electron chi connectivity index (χ3n) is 2.66. The van der Waals surface area contributed by atoms with E-state index in [0.717, 1.165) is 32.3 Å². The Morgan fingerprint density at radius 2 is 2.15 bits per heavy atom. The van der Waals surface area contributed by atoms with Gasteiger partial charge in [0.25, 0.3) is 0 Å². The van der Waals surface area contributed by atoms with Crippen LogP contribution < -0.4 is 0 Å². The van der Waals surface area contributed by atoms with E-state index in [1.54, 1.807) is 0 Å². The molecule has 0 aromatic carbocycles. The third-order valence-corrected chi connectivity index (χ3v) is 5.41. The maximum atomic E-state index is 5.74. The van der Waals surface area contributed by atoms with Crippen LogP contribution in [0.3, 0.4) is 0 Å². The number of hydrogen-bond donors (Lipinski definition) is 0. The molecule has 0 bridgehead atoms. The van der Waals surface area contributed by atoms with Gasteiger partial charge in [-0.1, -0.05) is 11.8 Å². The van der Waals surface area contributed by atoms with Gasteiger partial charge in [-0.15, -0.1) is 0 Å². The third kappa shape index (κ3) is 4.22. The summed E-state index contributed by atoms with van der Waals surface area (Å²) >= 11 is 3.74. The SMILES string of the molecule is CSc1ncc2c(I)nn(COCCS(C)(C)C)c2n1. The van der Waals surface area contributed by atoms with Gasteiger partial charge in [0.15, 0.2) is 10.8 Å².